The van der Waals surface area contributed by atoms with Crippen LogP contribution in [0.3, 0.4) is 0 Å². The molecule has 5 N–H and O–H groups in total. The summed E-state index contributed by atoms with van der Waals surface area (Å²) in [5, 5.41) is 29.4. The highest BCUT2D eigenvalue weighted by atomic mass is 35.5. The standard InChI is InChI=1S/C34H36ClF2N5O6/c1-3-47-32-18(13-27(38)44)12-26(40-31(32)23-8-9-24(36)28(35)29(23)37)34(46,21-4-5-21)16-39-33(45)19-10-20-14-42(22-6-7-22)41-30(20)25(11-19)48-15-17(2)43/h8-12,14,17,21-22,43,46H,3-7,13,15-16H2,1-2H3,(H2,38,44)(H,39,45)/t17-,34-/m1/s1. The Morgan fingerprint density at radius 3 is 2.58 bits per heavy atom. The summed E-state index contributed by atoms with van der Waals surface area (Å²) in [5.41, 5.74) is 4.57. The average molecular weight is 684 g/mol. The largest absolute Gasteiger partial charge is 0.491 e. The van der Waals surface area contributed by atoms with Gasteiger partial charge in [-0.3, -0.25) is 14.3 Å². The molecule has 2 aliphatic carbocycles. The van der Waals surface area contributed by atoms with Gasteiger partial charge >= 0.3 is 0 Å². The van der Waals surface area contributed by atoms with E-state index in [0.29, 0.717) is 35.5 Å². The van der Waals surface area contributed by atoms with Crippen molar-refractivity contribution in [2.75, 3.05) is 19.8 Å². The fraction of sp³-hybridized carbons (Fsp3) is 0.412. The van der Waals surface area contributed by atoms with Gasteiger partial charge in [0.2, 0.25) is 5.91 Å². The van der Waals surface area contributed by atoms with Crippen molar-refractivity contribution in [1.29, 1.82) is 0 Å². The molecule has 11 nitrogen and oxygen atoms in total. The first-order valence-corrected chi connectivity index (χ1v) is 16.2. The average Bonchev–Trinajstić information content (AvgIpc) is 3.99. The molecule has 0 bridgehead atoms. The van der Waals surface area contributed by atoms with Gasteiger partial charge < -0.3 is 30.7 Å². The molecule has 2 fully saturated rings. The van der Waals surface area contributed by atoms with Crippen molar-refractivity contribution in [2.24, 2.45) is 11.7 Å². The number of amides is 2. The van der Waals surface area contributed by atoms with E-state index in [0.717, 1.165) is 25.0 Å². The fourth-order valence-electron chi connectivity index (χ4n) is 5.75. The van der Waals surface area contributed by atoms with E-state index in [1.807, 2.05) is 10.9 Å². The van der Waals surface area contributed by atoms with Gasteiger partial charge in [-0.15, -0.1) is 0 Å². The lowest BCUT2D eigenvalue weighted by atomic mass is 9.90. The van der Waals surface area contributed by atoms with Crippen molar-refractivity contribution in [3.63, 3.8) is 0 Å². The van der Waals surface area contributed by atoms with Crippen LogP contribution in [0.1, 0.15) is 67.2 Å². The number of fused-ring (bicyclic) bond motifs is 1. The number of benzene rings is 2. The number of primary amides is 1. The predicted molar refractivity (Wildman–Crippen MR) is 173 cm³/mol. The summed E-state index contributed by atoms with van der Waals surface area (Å²) in [6.07, 6.45) is 4.02. The molecule has 2 heterocycles. The Hall–Kier alpha value is -4.33. The van der Waals surface area contributed by atoms with Crippen LogP contribution in [0.2, 0.25) is 5.02 Å². The minimum atomic E-state index is -1.76. The quantitative estimate of drug-likeness (QED) is 0.141. The van der Waals surface area contributed by atoms with Gasteiger partial charge in [-0.05, 0) is 75.8 Å². The second-order valence-corrected chi connectivity index (χ2v) is 12.8. The predicted octanol–water partition coefficient (Wildman–Crippen LogP) is 4.58. The highest BCUT2D eigenvalue weighted by Gasteiger charge is 2.47. The number of pyridine rings is 1. The maximum atomic E-state index is 15.4. The van der Waals surface area contributed by atoms with E-state index < -0.39 is 40.2 Å². The zero-order valence-electron chi connectivity index (χ0n) is 26.4. The molecule has 2 saturated carbocycles. The molecule has 0 aliphatic heterocycles. The van der Waals surface area contributed by atoms with E-state index in [1.165, 1.54) is 6.07 Å². The summed E-state index contributed by atoms with van der Waals surface area (Å²) in [6.45, 7) is 3.10. The highest BCUT2D eigenvalue weighted by molar-refractivity contribution is 6.31. The molecular weight excluding hydrogens is 648 g/mol. The number of nitrogens with one attached hydrogen (secondary N) is 1. The first kappa shape index (κ1) is 33.6. The topological polar surface area (TPSA) is 162 Å². The molecule has 0 unspecified atom stereocenters. The van der Waals surface area contributed by atoms with Crippen molar-refractivity contribution < 1.29 is 38.1 Å². The Morgan fingerprint density at radius 2 is 1.94 bits per heavy atom. The van der Waals surface area contributed by atoms with E-state index in [2.05, 4.69) is 15.4 Å². The number of aliphatic hydroxyl groups is 2. The normalized spacial score (nSPS) is 16.4. The summed E-state index contributed by atoms with van der Waals surface area (Å²) in [7, 11) is 0. The molecule has 0 spiro atoms. The minimum Gasteiger partial charge on any atom is -0.491 e. The van der Waals surface area contributed by atoms with Gasteiger partial charge in [0.1, 0.15) is 45.8 Å². The lowest BCUT2D eigenvalue weighted by Crippen LogP contribution is -2.43. The van der Waals surface area contributed by atoms with E-state index in [1.54, 1.807) is 26.0 Å². The monoisotopic (exact) mass is 683 g/mol. The smallest absolute Gasteiger partial charge is 0.251 e. The van der Waals surface area contributed by atoms with Crippen LogP contribution in [0, 0.1) is 17.6 Å². The Bertz CT molecular complexity index is 1890. The van der Waals surface area contributed by atoms with E-state index >= 15 is 4.39 Å². The molecule has 2 atom stereocenters. The number of hydrogen-bond acceptors (Lipinski definition) is 8. The number of rotatable bonds is 14. The number of carbonyl (C=O) groups is 2. The van der Waals surface area contributed by atoms with Crippen molar-refractivity contribution in [2.45, 2.75) is 63.7 Å². The fourth-order valence-corrected chi connectivity index (χ4v) is 5.91. The van der Waals surface area contributed by atoms with Crippen molar-refractivity contribution in [3.05, 3.63) is 70.0 Å². The van der Waals surface area contributed by atoms with Crippen LogP contribution in [0.4, 0.5) is 8.78 Å². The molecule has 6 rings (SSSR count). The van der Waals surface area contributed by atoms with Gasteiger partial charge in [0.05, 0.1) is 37.4 Å². The molecule has 2 aromatic heterocycles. The zero-order chi connectivity index (χ0) is 34.3. The molecule has 4 aromatic rings. The molecule has 2 amide bonds. The molecular formula is C34H36ClF2N5O6. The Morgan fingerprint density at radius 1 is 1.19 bits per heavy atom. The van der Waals surface area contributed by atoms with E-state index in [9.17, 15) is 24.2 Å². The van der Waals surface area contributed by atoms with Crippen LogP contribution in [0.25, 0.3) is 22.2 Å². The Kier molecular flexibility index (Phi) is 9.29. The molecule has 2 aliphatic rings. The first-order valence-electron chi connectivity index (χ1n) is 15.8. The van der Waals surface area contributed by atoms with Gasteiger partial charge in [-0.25, -0.2) is 13.8 Å². The number of carbonyl (C=O) groups excluding carboxylic acids is 2. The lowest BCUT2D eigenvalue weighted by molar-refractivity contribution is -0.117. The van der Waals surface area contributed by atoms with Gasteiger partial charge in [-0.2, -0.15) is 5.10 Å². The number of ether oxygens (including phenoxy) is 2. The minimum absolute atomic E-state index is 0.00284. The Labute approximate surface area is 280 Å². The van der Waals surface area contributed by atoms with Crippen LogP contribution in [-0.2, 0) is 16.8 Å². The van der Waals surface area contributed by atoms with Crippen LogP contribution >= 0.6 is 11.6 Å². The van der Waals surface area contributed by atoms with Gasteiger partial charge in [0.25, 0.3) is 5.91 Å². The third kappa shape index (κ3) is 6.80. The van der Waals surface area contributed by atoms with Crippen LogP contribution in [-0.4, -0.2) is 62.7 Å². The van der Waals surface area contributed by atoms with Crippen LogP contribution < -0.4 is 20.5 Å². The Balaban J connectivity index is 1.37. The maximum Gasteiger partial charge on any atom is 0.251 e. The van der Waals surface area contributed by atoms with Gasteiger partial charge in [-0.1, -0.05) is 11.6 Å². The number of aliphatic hydroxyl groups excluding tert-OH is 1. The molecule has 0 radical (unpaired) electrons. The summed E-state index contributed by atoms with van der Waals surface area (Å²) in [6, 6.07) is 7.11. The molecule has 14 heteroatoms. The second kappa shape index (κ2) is 13.3. The third-order valence-corrected chi connectivity index (χ3v) is 8.81. The maximum absolute atomic E-state index is 15.4. The highest BCUT2D eigenvalue weighted by Crippen LogP contribution is 2.47. The summed E-state index contributed by atoms with van der Waals surface area (Å²) < 4.78 is 43.0. The SMILES string of the molecule is CCOc1c(CC(N)=O)cc([C@@](O)(CNC(=O)c2cc(OC[C@@H](C)O)c3nn(C4CC4)cc3c2)C2CC2)nc1-c1ccc(F)c(Cl)c1F. The number of aromatic nitrogens is 3. The lowest BCUT2D eigenvalue weighted by Gasteiger charge is -2.30. The van der Waals surface area contributed by atoms with Crippen LogP contribution in [0.5, 0.6) is 11.5 Å². The summed E-state index contributed by atoms with van der Waals surface area (Å²) in [5.74, 6) is -3.25. The zero-order valence-corrected chi connectivity index (χ0v) is 27.2. The van der Waals surface area contributed by atoms with Gasteiger partial charge in [0, 0.05) is 28.3 Å². The first-order chi connectivity index (χ1) is 22.9. The van der Waals surface area contributed by atoms with E-state index in [4.69, 9.17) is 26.8 Å². The molecule has 2 aromatic carbocycles. The molecule has 254 valence electrons. The number of halogens is 3. The number of hydrogen-bond donors (Lipinski definition) is 4. The van der Waals surface area contributed by atoms with Crippen molar-refractivity contribution in [3.8, 4) is 22.8 Å². The summed E-state index contributed by atoms with van der Waals surface area (Å²) >= 11 is 5.91. The van der Waals surface area contributed by atoms with E-state index in [-0.39, 0.29) is 65.9 Å². The second-order valence-electron chi connectivity index (χ2n) is 12.4. The summed E-state index contributed by atoms with van der Waals surface area (Å²) in [4.78, 5) is 30.4. The van der Waals surface area contributed by atoms with Gasteiger partial charge in [0.15, 0.2) is 5.82 Å². The molecule has 48 heavy (non-hydrogen) atoms. The van der Waals surface area contributed by atoms with Crippen molar-refractivity contribution >= 4 is 34.3 Å². The number of nitrogens with two attached hydrogens (primary N) is 1. The third-order valence-electron chi connectivity index (χ3n) is 8.46. The molecule has 0 saturated heterocycles. The van der Waals surface area contributed by atoms with Crippen LogP contribution in [0.15, 0.2) is 36.5 Å². The number of nitrogens with zero attached hydrogens (tertiary/aromatic N) is 3. The van der Waals surface area contributed by atoms with Crippen molar-refractivity contribution in [1.82, 2.24) is 20.1 Å².